The average molecular weight is 280 g/mol. The van der Waals surface area contributed by atoms with E-state index in [1.54, 1.807) is 12.1 Å². The highest BCUT2D eigenvalue weighted by atomic mass is 16.5. The summed E-state index contributed by atoms with van der Waals surface area (Å²) >= 11 is 0. The van der Waals surface area contributed by atoms with Gasteiger partial charge in [0.15, 0.2) is 0 Å². The van der Waals surface area contributed by atoms with Crippen LogP contribution < -0.4 is 10.5 Å². The first-order valence-electron chi connectivity index (χ1n) is 6.95. The fourth-order valence-electron chi connectivity index (χ4n) is 2.03. The van der Waals surface area contributed by atoms with Crippen LogP contribution in [0.25, 0.3) is 0 Å². The van der Waals surface area contributed by atoms with Crippen molar-refractivity contribution in [3.63, 3.8) is 0 Å². The molecule has 0 saturated heterocycles. The number of hydrogen-bond donors (Lipinski definition) is 1. The topological polar surface area (TPSA) is 59.0 Å². The maximum absolute atomic E-state index is 9.23. The van der Waals surface area contributed by atoms with Crippen molar-refractivity contribution in [2.45, 2.75) is 32.7 Å². The summed E-state index contributed by atoms with van der Waals surface area (Å²) in [7, 11) is 0. The lowest BCUT2D eigenvalue weighted by Gasteiger charge is -2.19. The monoisotopic (exact) mass is 280 g/mol. The second-order valence-corrected chi connectivity index (χ2v) is 6.03. The van der Waals surface area contributed by atoms with E-state index in [2.05, 4.69) is 32.9 Å². The van der Waals surface area contributed by atoms with Crippen molar-refractivity contribution in [1.82, 2.24) is 0 Å². The minimum atomic E-state index is 0.0564. The molecule has 0 radical (unpaired) electrons. The smallest absolute Gasteiger partial charge is 0.145 e. The first-order chi connectivity index (χ1) is 9.94. The highest BCUT2D eigenvalue weighted by Gasteiger charge is 2.14. The molecule has 0 atom stereocenters. The van der Waals surface area contributed by atoms with Crippen LogP contribution in [0.3, 0.4) is 0 Å². The van der Waals surface area contributed by atoms with Gasteiger partial charge in [0.1, 0.15) is 17.6 Å². The van der Waals surface area contributed by atoms with Gasteiger partial charge in [0.25, 0.3) is 0 Å². The molecule has 0 unspecified atom stereocenters. The fourth-order valence-corrected chi connectivity index (χ4v) is 2.03. The van der Waals surface area contributed by atoms with E-state index in [0.717, 1.165) is 11.3 Å². The Morgan fingerprint density at radius 3 is 2.52 bits per heavy atom. The summed E-state index contributed by atoms with van der Waals surface area (Å²) in [4.78, 5) is 0. The van der Waals surface area contributed by atoms with Crippen LogP contribution in [0.1, 0.15) is 37.5 Å². The van der Waals surface area contributed by atoms with Crippen LogP contribution in [0.15, 0.2) is 42.5 Å². The Morgan fingerprint density at radius 1 is 1.14 bits per heavy atom. The van der Waals surface area contributed by atoms with Gasteiger partial charge in [0.2, 0.25) is 0 Å². The Kier molecular flexibility index (Phi) is 4.30. The molecule has 0 aliphatic heterocycles. The van der Waals surface area contributed by atoms with E-state index in [0.29, 0.717) is 17.9 Å². The number of nitrogens with zero attached hydrogens (tertiary/aromatic N) is 1. The van der Waals surface area contributed by atoms with Gasteiger partial charge in [-0.25, -0.2) is 0 Å². The molecule has 2 aromatic carbocycles. The molecule has 108 valence electrons. The molecule has 0 spiro atoms. The summed E-state index contributed by atoms with van der Waals surface area (Å²) in [5.74, 6) is 1.29. The molecule has 2 aromatic rings. The highest BCUT2D eigenvalue weighted by molar-refractivity contribution is 5.48. The Balaban J connectivity index is 2.33. The largest absolute Gasteiger partial charge is 0.456 e. The minimum absolute atomic E-state index is 0.0564. The third-order valence-electron chi connectivity index (χ3n) is 3.33. The van der Waals surface area contributed by atoms with E-state index in [-0.39, 0.29) is 5.41 Å². The van der Waals surface area contributed by atoms with Gasteiger partial charge >= 0.3 is 0 Å². The lowest BCUT2D eigenvalue weighted by molar-refractivity contribution is 0.477. The van der Waals surface area contributed by atoms with Crippen molar-refractivity contribution in [2.24, 2.45) is 5.73 Å². The lowest BCUT2D eigenvalue weighted by atomic mass is 9.87. The van der Waals surface area contributed by atoms with E-state index in [1.807, 2.05) is 24.3 Å². The Hall–Kier alpha value is -2.31. The lowest BCUT2D eigenvalue weighted by Crippen LogP contribution is -2.10. The molecule has 0 saturated carbocycles. The summed E-state index contributed by atoms with van der Waals surface area (Å²) < 4.78 is 5.87. The summed E-state index contributed by atoms with van der Waals surface area (Å²) in [6.45, 7) is 6.88. The molecular weight excluding hydrogens is 260 g/mol. The second-order valence-electron chi connectivity index (χ2n) is 6.03. The number of ether oxygens (including phenoxy) is 1. The third kappa shape index (κ3) is 3.62. The quantitative estimate of drug-likeness (QED) is 0.920. The van der Waals surface area contributed by atoms with Gasteiger partial charge in [-0.15, -0.1) is 0 Å². The van der Waals surface area contributed by atoms with Gasteiger partial charge < -0.3 is 10.5 Å². The molecule has 0 aliphatic carbocycles. The number of benzene rings is 2. The Morgan fingerprint density at radius 2 is 1.90 bits per heavy atom. The second kappa shape index (κ2) is 5.99. The van der Waals surface area contributed by atoms with Crippen LogP contribution in [0.4, 0.5) is 0 Å². The standard InChI is InChI=1S/C18H20N2O/c1-18(2,3)15-5-4-6-16(10-15)21-17-8-7-13(11-19)9-14(17)12-20/h4-10H,11,19H2,1-3H3. The van der Waals surface area contributed by atoms with Crippen molar-refractivity contribution < 1.29 is 4.74 Å². The molecule has 21 heavy (non-hydrogen) atoms. The van der Waals surface area contributed by atoms with Crippen LogP contribution >= 0.6 is 0 Å². The first kappa shape index (κ1) is 15.1. The molecule has 0 aromatic heterocycles. The molecule has 0 amide bonds. The molecule has 0 heterocycles. The van der Waals surface area contributed by atoms with Gasteiger partial charge in [-0.3, -0.25) is 0 Å². The summed E-state index contributed by atoms with van der Waals surface area (Å²) in [6, 6.07) is 15.6. The first-order valence-corrected chi connectivity index (χ1v) is 6.95. The molecular formula is C18H20N2O. The van der Waals surface area contributed by atoms with Crippen LogP contribution in [0.2, 0.25) is 0 Å². The van der Waals surface area contributed by atoms with E-state index in [4.69, 9.17) is 10.5 Å². The molecule has 0 fully saturated rings. The normalized spacial score (nSPS) is 11.0. The number of nitrogens with two attached hydrogens (primary N) is 1. The van der Waals surface area contributed by atoms with E-state index in [1.165, 1.54) is 5.56 Å². The van der Waals surface area contributed by atoms with Crippen LogP contribution in [0.5, 0.6) is 11.5 Å². The number of rotatable bonds is 3. The van der Waals surface area contributed by atoms with Crippen molar-refractivity contribution in [1.29, 1.82) is 5.26 Å². The van der Waals surface area contributed by atoms with Crippen molar-refractivity contribution in [3.05, 3.63) is 59.2 Å². The highest BCUT2D eigenvalue weighted by Crippen LogP contribution is 2.30. The molecule has 2 N–H and O–H groups in total. The van der Waals surface area contributed by atoms with Crippen molar-refractivity contribution in [2.75, 3.05) is 0 Å². The number of nitriles is 1. The zero-order chi connectivity index (χ0) is 15.5. The third-order valence-corrected chi connectivity index (χ3v) is 3.33. The van der Waals surface area contributed by atoms with Crippen LogP contribution in [0, 0.1) is 11.3 Å². The van der Waals surface area contributed by atoms with E-state index >= 15 is 0 Å². The summed E-state index contributed by atoms with van der Waals surface area (Å²) in [5, 5.41) is 9.23. The molecule has 2 rings (SSSR count). The van der Waals surface area contributed by atoms with Gasteiger partial charge in [-0.05, 0) is 40.8 Å². The molecule has 3 heteroatoms. The Labute approximate surface area is 126 Å². The Bertz CT molecular complexity index is 678. The van der Waals surface area contributed by atoms with Gasteiger partial charge in [-0.1, -0.05) is 39.0 Å². The van der Waals surface area contributed by atoms with Gasteiger partial charge in [0, 0.05) is 6.54 Å². The van der Waals surface area contributed by atoms with Gasteiger partial charge in [-0.2, -0.15) is 5.26 Å². The average Bonchev–Trinajstić information content (AvgIpc) is 2.47. The fraction of sp³-hybridized carbons (Fsp3) is 0.278. The molecule has 0 bridgehead atoms. The molecule has 0 aliphatic rings. The predicted octanol–water partition coefficient (Wildman–Crippen LogP) is 4.11. The van der Waals surface area contributed by atoms with Gasteiger partial charge in [0.05, 0.1) is 5.56 Å². The minimum Gasteiger partial charge on any atom is -0.456 e. The maximum Gasteiger partial charge on any atom is 0.145 e. The maximum atomic E-state index is 9.23. The van der Waals surface area contributed by atoms with Crippen LogP contribution in [-0.4, -0.2) is 0 Å². The van der Waals surface area contributed by atoms with Crippen molar-refractivity contribution in [3.8, 4) is 17.6 Å². The summed E-state index contributed by atoms with van der Waals surface area (Å²) in [6.07, 6.45) is 0. The summed E-state index contributed by atoms with van der Waals surface area (Å²) in [5.41, 5.74) is 8.26. The van der Waals surface area contributed by atoms with Crippen LogP contribution in [-0.2, 0) is 12.0 Å². The zero-order valence-corrected chi connectivity index (χ0v) is 12.7. The van der Waals surface area contributed by atoms with Crippen molar-refractivity contribution >= 4 is 0 Å². The van der Waals surface area contributed by atoms with E-state index in [9.17, 15) is 5.26 Å². The SMILES string of the molecule is CC(C)(C)c1cccc(Oc2ccc(CN)cc2C#N)c1. The zero-order valence-electron chi connectivity index (χ0n) is 12.7. The number of hydrogen-bond acceptors (Lipinski definition) is 3. The predicted molar refractivity (Wildman–Crippen MR) is 84.3 cm³/mol. The molecule has 3 nitrogen and oxygen atoms in total. The van der Waals surface area contributed by atoms with E-state index < -0.39 is 0 Å².